The quantitative estimate of drug-likeness (QED) is 0.392. The first-order valence-corrected chi connectivity index (χ1v) is 2.84. The van der Waals surface area contributed by atoms with Gasteiger partial charge in [-0.1, -0.05) is 12.1 Å². The van der Waals surface area contributed by atoms with E-state index in [1.165, 1.54) is 12.8 Å². The molecule has 8 heavy (non-hydrogen) atoms. The molecule has 2 nitrogen and oxygen atoms in total. The number of rotatable bonds is 2. The Balaban J connectivity index is 2.27. The Kier molecular flexibility index (Phi) is 1.24. The van der Waals surface area contributed by atoms with Gasteiger partial charge in [-0.3, -0.25) is 0 Å². The minimum atomic E-state index is 0.385. The van der Waals surface area contributed by atoms with Crippen molar-refractivity contribution in [1.82, 2.24) is 0 Å². The average molecular weight is 113 g/mol. The molecule has 2 heteroatoms. The molecule has 1 fully saturated rings. The van der Waals surface area contributed by atoms with E-state index >= 15 is 0 Å². The molecular formula is C6H11NO. The minimum absolute atomic E-state index is 0.385. The van der Waals surface area contributed by atoms with Crippen molar-refractivity contribution >= 4 is 6.21 Å². The largest absolute Gasteiger partial charge is 0.399 e. The molecule has 0 heterocycles. The second-order valence-corrected chi connectivity index (χ2v) is 2.57. The van der Waals surface area contributed by atoms with Crippen LogP contribution in [-0.2, 0) is 4.84 Å². The van der Waals surface area contributed by atoms with Crippen molar-refractivity contribution in [2.75, 3.05) is 7.11 Å². The van der Waals surface area contributed by atoms with Crippen LogP contribution in [0.2, 0.25) is 0 Å². The Hall–Kier alpha value is -0.530. The summed E-state index contributed by atoms with van der Waals surface area (Å²) in [6.07, 6.45) is 4.41. The number of hydrogen-bond acceptors (Lipinski definition) is 2. The van der Waals surface area contributed by atoms with Gasteiger partial charge in [-0.25, -0.2) is 0 Å². The van der Waals surface area contributed by atoms with Crippen LogP contribution in [0.3, 0.4) is 0 Å². The van der Waals surface area contributed by atoms with E-state index in [1.54, 1.807) is 7.11 Å². The lowest BCUT2D eigenvalue weighted by molar-refractivity contribution is 0.213. The van der Waals surface area contributed by atoms with Crippen LogP contribution in [-0.4, -0.2) is 13.3 Å². The molecule has 0 atom stereocenters. The third-order valence-corrected chi connectivity index (χ3v) is 1.51. The van der Waals surface area contributed by atoms with Crippen molar-refractivity contribution in [3.8, 4) is 0 Å². The fraction of sp³-hybridized carbons (Fsp3) is 0.833. The van der Waals surface area contributed by atoms with Gasteiger partial charge in [-0.05, 0) is 12.8 Å². The van der Waals surface area contributed by atoms with Gasteiger partial charge < -0.3 is 4.84 Å². The van der Waals surface area contributed by atoms with Gasteiger partial charge in [0.2, 0.25) is 0 Å². The molecule has 0 bridgehead atoms. The summed E-state index contributed by atoms with van der Waals surface area (Å²) in [5, 5.41) is 3.68. The maximum Gasteiger partial charge on any atom is 0.106 e. The van der Waals surface area contributed by atoms with Crippen LogP contribution >= 0.6 is 0 Å². The zero-order valence-electron chi connectivity index (χ0n) is 5.35. The normalized spacial score (nSPS) is 23.8. The highest BCUT2D eigenvalue weighted by atomic mass is 16.6. The smallest absolute Gasteiger partial charge is 0.106 e. The van der Waals surface area contributed by atoms with Crippen LogP contribution in [0.25, 0.3) is 0 Å². The molecule has 1 aliphatic carbocycles. The Morgan fingerprint density at radius 2 is 2.25 bits per heavy atom. The lowest BCUT2D eigenvalue weighted by Crippen LogP contribution is -1.92. The van der Waals surface area contributed by atoms with Crippen LogP contribution in [0.5, 0.6) is 0 Å². The fourth-order valence-electron chi connectivity index (χ4n) is 0.506. The Morgan fingerprint density at radius 1 is 1.62 bits per heavy atom. The molecule has 46 valence electrons. The zero-order valence-corrected chi connectivity index (χ0v) is 5.35. The summed E-state index contributed by atoms with van der Waals surface area (Å²) in [5.74, 6) is 0. The van der Waals surface area contributed by atoms with E-state index < -0.39 is 0 Å². The highest BCUT2D eigenvalue weighted by Crippen LogP contribution is 2.42. The van der Waals surface area contributed by atoms with Crippen molar-refractivity contribution in [2.45, 2.75) is 19.8 Å². The maximum atomic E-state index is 4.53. The summed E-state index contributed by atoms with van der Waals surface area (Å²) in [4.78, 5) is 4.53. The van der Waals surface area contributed by atoms with Crippen molar-refractivity contribution in [1.29, 1.82) is 0 Å². The number of nitrogens with zero attached hydrogens (tertiary/aromatic N) is 1. The summed E-state index contributed by atoms with van der Waals surface area (Å²) < 4.78 is 0. The first kappa shape index (κ1) is 5.60. The second kappa shape index (κ2) is 1.77. The van der Waals surface area contributed by atoms with Gasteiger partial charge in [0, 0.05) is 11.6 Å². The lowest BCUT2D eigenvalue weighted by atomic mass is 10.2. The van der Waals surface area contributed by atoms with Gasteiger partial charge in [0.15, 0.2) is 0 Å². The van der Waals surface area contributed by atoms with Crippen LogP contribution < -0.4 is 0 Å². The first-order valence-electron chi connectivity index (χ1n) is 2.84. The second-order valence-electron chi connectivity index (χ2n) is 2.57. The zero-order chi connectivity index (χ0) is 6.04. The van der Waals surface area contributed by atoms with E-state index in [4.69, 9.17) is 0 Å². The van der Waals surface area contributed by atoms with Crippen molar-refractivity contribution in [2.24, 2.45) is 10.6 Å². The molecule has 1 aliphatic rings. The summed E-state index contributed by atoms with van der Waals surface area (Å²) in [5.41, 5.74) is 0.385. The molecule has 1 saturated carbocycles. The van der Waals surface area contributed by atoms with Crippen molar-refractivity contribution in [3.63, 3.8) is 0 Å². The van der Waals surface area contributed by atoms with Crippen molar-refractivity contribution in [3.05, 3.63) is 0 Å². The third-order valence-electron chi connectivity index (χ3n) is 1.51. The summed E-state index contributed by atoms with van der Waals surface area (Å²) in [6, 6.07) is 0. The molecule has 0 aliphatic heterocycles. The van der Waals surface area contributed by atoms with Gasteiger partial charge in [-0.15, -0.1) is 0 Å². The fourth-order valence-corrected chi connectivity index (χ4v) is 0.506. The summed E-state index contributed by atoms with van der Waals surface area (Å²) in [7, 11) is 1.57. The minimum Gasteiger partial charge on any atom is -0.399 e. The molecule has 0 N–H and O–H groups in total. The molecule has 0 aromatic carbocycles. The molecule has 1 rings (SSSR count). The highest BCUT2D eigenvalue weighted by molar-refractivity contribution is 5.67. The van der Waals surface area contributed by atoms with Gasteiger partial charge in [-0.2, -0.15) is 0 Å². The molecule has 0 radical (unpaired) electrons. The van der Waals surface area contributed by atoms with E-state index in [1.807, 2.05) is 6.21 Å². The topological polar surface area (TPSA) is 21.6 Å². The maximum absolute atomic E-state index is 4.53. The molecule has 0 spiro atoms. The standard InChI is InChI=1S/C6H11NO/c1-6(3-4-6)5-7-8-2/h5H,3-4H2,1-2H3/b7-5+. The Morgan fingerprint density at radius 3 is 2.62 bits per heavy atom. The first-order chi connectivity index (χ1) is 3.77. The lowest BCUT2D eigenvalue weighted by Gasteiger charge is -1.93. The van der Waals surface area contributed by atoms with E-state index in [0.29, 0.717) is 5.41 Å². The van der Waals surface area contributed by atoms with Crippen LogP contribution in [0.4, 0.5) is 0 Å². The van der Waals surface area contributed by atoms with Crippen LogP contribution in [0, 0.1) is 5.41 Å². The monoisotopic (exact) mass is 113 g/mol. The SMILES string of the molecule is CO/N=C/C1(C)CC1. The highest BCUT2D eigenvalue weighted by Gasteiger charge is 2.35. The predicted molar refractivity (Wildman–Crippen MR) is 32.8 cm³/mol. The molecule has 0 unspecified atom stereocenters. The van der Waals surface area contributed by atoms with Gasteiger partial charge in [0.05, 0.1) is 0 Å². The van der Waals surface area contributed by atoms with Gasteiger partial charge >= 0.3 is 0 Å². The predicted octanol–water partition coefficient (Wildman–Crippen LogP) is 1.42. The average Bonchev–Trinajstić information content (AvgIpc) is 2.45. The van der Waals surface area contributed by atoms with E-state index in [0.717, 1.165) is 0 Å². The summed E-state index contributed by atoms with van der Waals surface area (Å²) in [6.45, 7) is 2.18. The molecule has 0 aromatic rings. The number of hydrogen-bond donors (Lipinski definition) is 0. The van der Waals surface area contributed by atoms with Gasteiger partial charge in [0.25, 0.3) is 0 Å². The molecule has 0 aromatic heterocycles. The van der Waals surface area contributed by atoms with E-state index in [-0.39, 0.29) is 0 Å². The Labute approximate surface area is 49.5 Å². The molecular weight excluding hydrogens is 102 g/mol. The van der Waals surface area contributed by atoms with Crippen LogP contribution in [0.15, 0.2) is 5.16 Å². The molecule has 0 amide bonds. The van der Waals surface area contributed by atoms with Crippen LogP contribution in [0.1, 0.15) is 19.8 Å². The van der Waals surface area contributed by atoms with Crippen molar-refractivity contribution < 1.29 is 4.84 Å². The molecule has 0 saturated heterocycles. The van der Waals surface area contributed by atoms with E-state index in [9.17, 15) is 0 Å². The van der Waals surface area contributed by atoms with Gasteiger partial charge in [0.1, 0.15) is 7.11 Å². The summed E-state index contributed by atoms with van der Waals surface area (Å²) >= 11 is 0. The van der Waals surface area contributed by atoms with E-state index in [2.05, 4.69) is 16.9 Å². The Bertz CT molecular complexity index is 105. The third kappa shape index (κ3) is 1.22. The number of oxime groups is 1.